The van der Waals surface area contributed by atoms with E-state index in [1.807, 2.05) is 19.1 Å². The fourth-order valence-electron chi connectivity index (χ4n) is 1.33. The van der Waals surface area contributed by atoms with Gasteiger partial charge >= 0.3 is 12.0 Å². The third-order valence-electron chi connectivity index (χ3n) is 2.75. The summed E-state index contributed by atoms with van der Waals surface area (Å²) < 4.78 is 0. The zero-order valence-corrected chi connectivity index (χ0v) is 11.3. The average Bonchev–Trinajstić information content (AvgIpc) is 2.37. The number of carbonyl (C=O) groups excluding carboxylic acids is 1. The number of rotatable bonds is 5. The van der Waals surface area contributed by atoms with E-state index in [1.165, 1.54) is 0 Å². The molecule has 6 heteroatoms. The van der Waals surface area contributed by atoms with E-state index in [1.54, 1.807) is 26.1 Å². The van der Waals surface area contributed by atoms with Crippen molar-refractivity contribution in [2.45, 2.75) is 26.8 Å². The number of nitrogens with one attached hydrogen (secondary N) is 2. The second-order valence-electron chi connectivity index (χ2n) is 4.99. The van der Waals surface area contributed by atoms with Crippen LogP contribution in [0.25, 0.3) is 0 Å². The molecule has 6 nitrogen and oxygen atoms in total. The van der Waals surface area contributed by atoms with Crippen LogP contribution in [0.2, 0.25) is 0 Å². The Labute approximate surface area is 112 Å². The minimum Gasteiger partial charge on any atom is -0.481 e. The summed E-state index contributed by atoms with van der Waals surface area (Å²) in [7, 11) is 0. The number of hydrogen-bond acceptors (Lipinski definition) is 3. The average molecular weight is 265 g/mol. The Kier molecular flexibility index (Phi) is 4.86. The van der Waals surface area contributed by atoms with Gasteiger partial charge in [0.05, 0.1) is 17.2 Å². The van der Waals surface area contributed by atoms with Crippen molar-refractivity contribution in [1.82, 2.24) is 15.6 Å². The molecule has 0 aliphatic carbocycles. The highest BCUT2D eigenvalue weighted by molar-refractivity contribution is 5.77. The van der Waals surface area contributed by atoms with Crippen molar-refractivity contribution in [2.75, 3.05) is 6.54 Å². The summed E-state index contributed by atoms with van der Waals surface area (Å²) in [6.45, 7) is 4.98. The maximum Gasteiger partial charge on any atom is 0.315 e. The van der Waals surface area contributed by atoms with Gasteiger partial charge in [0.2, 0.25) is 0 Å². The quantitative estimate of drug-likeness (QED) is 0.753. The van der Waals surface area contributed by atoms with Crippen LogP contribution in [0, 0.1) is 5.41 Å². The summed E-state index contributed by atoms with van der Waals surface area (Å²) >= 11 is 0. The third kappa shape index (κ3) is 4.57. The summed E-state index contributed by atoms with van der Waals surface area (Å²) in [5.41, 5.74) is -0.249. The molecule has 0 aromatic carbocycles. The Morgan fingerprint density at radius 2 is 2.11 bits per heavy atom. The lowest BCUT2D eigenvalue weighted by Crippen LogP contribution is -2.44. The van der Waals surface area contributed by atoms with Crippen LogP contribution in [0.3, 0.4) is 0 Å². The van der Waals surface area contributed by atoms with Gasteiger partial charge in [-0.1, -0.05) is 6.07 Å². The summed E-state index contributed by atoms with van der Waals surface area (Å²) in [6.07, 6.45) is 1.65. The molecule has 1 rings (SSSR count). The number of amides is 2. The number of pyridine rings is 1. The predicted molar refractivity (Wildman–Crippen MR) is 70.6 cm³/mol. The molecule has 1 aromatic rings. The number of aromatic nitrogens is 1. The van der Waals surface area contributed by atoms with Gasteiger partial charge in [-0.25, -0.2) is 4.79 Å². The predicted octanol–water partition coefficient (Wildman–Crippen LogP) is 1.55. The first kappa shape index (κ1) is 14.9. The molecule has 0 aliphatic rings. The van der Waals surface area contributed by atoms with Gasteiger partial charge in [-0.3, -0.25) is 9.78 Å². The molecule has 0 saturated carbocycles. The molecule has 0 spiro atoms. The first-order valence-corrected chi connectivity index (χ1v) is 6.01. The molecule has 1 unspecified atom stereocenters. The van der Waals surface area contributed by atoms with Gasteiger partial charge in [0.1, 0.15) is 0 Å². The van der Waals surface area contributed by atoms with Gasteiger partial charge < -0.3 is 15.7 Å². The molecule has 0 aliphatic heterocycles. The molecule has 0 bridgehead atoms. The van der Waals surface area contributed by atoms with Gasteiger partial charge in [0, 0.05) is 12.7 Å². The number of hydrogen-bond donors (Lipinski definition) is 3. The molecular weight excluding hydrogens is 246 g/mol. The van der Waals surface area contributed by atoms with Crippen LogP contribution in [-0.2, 0) is 4.79 Å². The van der Waals surface area contributed by atoms with E-state index in [0.717, 1.165) is 5.69 Å². The number of carboxylic acids is 1. The molecule has 0 radical (unpaired) electrons. The molecule has 1 heterocycles. The number of carbonyl (C=O) groups is 2. The van der Waals surface area contributed by atoms with Crippen LogP contribution >= 0.6 is 0 Å². The lowest BCUT2D eigenvalue weighted by Gasteiger charge is -2.21. The summed E-state index contributed by atoms with van der Waals surface area (Å²) in [6, 6.07) is 4.80. The largest absolute Gasteiger partial charge is 0.481 e. The van der Waals surface area contributed by atoms with Gasteiger partial charge in [-0.15, -0.1) is 0 Å². The first-order valence-electron chi connectivity index (χ1n) is 6.01. The number of urea groups is 1. The minimum absolute atomic E-state index is 0.0586. The van der Waals surface area contributed by atoms with Crippen LogP contribution in [-0.4, -0.2) is 28.6 Å². The van der Waals surface area contributed by atoms with Crippen molar-refractivity contribution < 1.29 is 14.7 Å². The van der Waals surface area contributed by atoms with Crippen molar-refractivity contribution in [2.24, 2.45) is 5.41 Å². The molecule has 1 aromatic heterocycles. The maximum absolute atomic E-state index is 11.7. The monoisotopic (exact) mass is 265 g/mol. The van der Waals surface area contributed by atoms with Crippen molar-refractivity contribution in [1.29, 1.82) is 0 Å². The molecule has 1 atom stereocenters. The smallest absolute Gasteiger partial charge is 0.315 e. The molecule has 19 heavy (non-hydrogen) atoms. The van der Waals surface area contributed by atoms with Crippen LogP contribution in [0.4, 0.5) is 4.79 Å². The SMILES string of the molecule is CC(NC(=O)NCC(C)(C)C(=O)O)c1ccccn1. The van der Waals surface area contributed by atoms with E-state index in [9.17, 15) is 9.59 Å². The standard InChI is InChI=1S/C13H19N3O3/c1-9(10-6-4-5-7-14-10)16-12(19)15-8-13(2,3)11(17)18/h4-7,9H,8H2,1-3H3,(H,17,18)(H2,15,16,19). The Balaban J connectivity index is 2.46. The minimum atomic E-state index is -0.994. The fraction of sp³-hybridized carbons (Fsp3) is 0.462. The van der Waals surface area contributed by atoms with Crippen LogP contribution < -0.4 is 10.6 Å². The van der Waals surface area contributed by atoms with Crippen LogP contribution in [0.1, 0.15) is 32.5 Å². The maximum atomic E-state index is 11.7. The van der Waals surface area contributed by atoms with Crippen molar-refractivity contribution >= 4 is 12.0 Å². The van der Waals surface area contributed by atoms with E-state index in [-0.39, 0.29) is 12.6 Å². The van der Waals surface area contributed by atoms with Gasteiger partial charge in [-0.05, 0) is 32.9 Å². The Bertz CT molecular complexity index is 446. The summed E-state index contributed by atoms with van der Waals surface area (Å²) in [5.74, 6) is -0.953. The molecule has 104 valence electrons. The highest BCUT2D eigenvalue weighted by Crippen LogP contribution is 2.13. The third-order valence-corrected chi connectivity index (χ3v) is 2.75. The molecule has 3 N–H and O–H groups in total. The lowest BCUT2D eigenvalue weighted by molar-refractivity contribution is -0.146. The van der Waals surface area contributed by atoms with E-state index in [2.05, 4.69) is 15.6 Å². The molecule has 0 fully saturated rings. The van der Waals surface area contributed by atoms with Gasteiger partial charge in [-0.2, -0.15) is 0 Å². The van der Waals surface area contributed by atoms with Crippen LogP contribution in [0.5, 0.6) is 0 Å². The van der Waals surface area contributed by atoms with E-state index >= 15 is 0 Å². The first-order chi connectivity index (χ1) is 8.83. The van der Waals surface area contributed by atoms with E-state index in [0.29, 0.717) is 0 Å². The Hall–Kier alpha value is -2.11. The Morgan fingerprint density at radius 1 is 1.42 bits per heavy atom. The molecule has 0 saturated heterocycles. The van der Waals surface area contributed by atoms with Crippen LogP contribution in [0.15, 0.2) is 24.4 Å². The second-order valence-corrected chi connectivity index (χ2v) is 4.99. The highest BCUT2D eigenvalue weighted by atomic mass is 16.4. The van der Waals surface area contributed by atoms with Gasteiger partial charge in [0.15, 0.2) is 0 Å². The highest BCUT2D eigenvalue weighted by Gasteiger charge is 2.27. The fourth-order valence-corrected chi connectivity index (χ4v) is 1.33. The zero-order chi connectivity index (χ0) is 14.5. The van der Waals surface area contributed by atoms with Crippen molar-refractivity contribution in [3.8, 4) is 0 Å². The topological polar surface area (TPSA) is 91.3 Å². The van der Waals surface area contributed by atoms with Gasteiger partial charge in [0.25, 0.3) is 0 Å². The molecular formula is C13H19N3O3. The van der Waals surface area contributed by atoms with E-state index in [4.69, 9.17) is 5.11 Å². The Morgan fingerprint density at radius 3 is 2.63 bits per heavy atom. The van der Waals surface area contributed by atoms with Crippen molar-refractivity contribution in [3.63, 3.8) is 0 Å². The van der Waals surface area contributed by atoms with Crippen molar-refractivity contribution in [3.05, 3.63) is 30.1 Å². The zero-order valence-electron chi connectivity index (χ0n) is 11.3. The lowest BCUT2D eigenvalue weighted by atomic mass is 9.94. The normalized spacial score (nSPS) is 12.6. The number of nitrogens with zero attached hydrogens (tertiary/aromatic N) is 1. The number of aliphatic carboxylic acids is 1. The van der Waals surface area contributed by atoms with E-state index < -0.39 is 17.4 Å². The summed E-state index contributed by atoms with van der Waals surface area (Å²) in [5, 5.41) is 14.2. The second kappa shape index (κ2) is 6.17. The molecule has 2 amide bonds. The number of carboxylic acid groups (broad SMARTS) is 1. The summed E-state index contributed by atoms with van der Waals surface area (Å²) in [4.78, 5) is 26.7.